The molecule has 0 spiro atoms. The van der Waals surface area contributed by atoms with Gasteiger partial charge < -0.3 is 4.74 Å². The molecular weight excluding hydrogens is 421 g/mol. The monoisotopic (exact) mass is 461 g/mol. The van der Waals surface area contributed by atoms with Crippen molar-refractivity contribution in [3.63, 3.8) is 0 Å². The van der Waals surface area contributed by atoms with Crippen LogP contribution in [0.15, 0.2) is 59.6 Å². The molecule has 0 saturated carbocycles. The van der Waals surface area contributed by atoms with Gasteiger partial charge in [-0.3, -0.25) is 4.99 Å². The number of hydrogen-bond donors (Lipinski definition) is 0. The molecule has 0 bridgehead atoms. The van der Waals surface area contributed by atoms with E-state index in [-0.39, 0.29) is 10.8 Å². The molecule has 0 aromatic heterocycles. The van der Waals surface area contributed by atoms with Gasteiger partial charge in [0.05, 0.1) is 6.61 Å². The molecule has 2 aromatic carbocycles. The van der Waals surface area contributed by atoms with Gasteiger partial charge in [0.15, 0.2) is 0 Å². The summed E-state index contributed by atoms with van der Waals surface area (Å²) < 4.78 is 6.69. The summed E-state index contributed by atoms with van der Waals surface area (Å²) in [6.07, 6.45) is 11.8. The average Bonchev–Trinajstić information content (AvgIpc) is 2.74. The quantitative estimate of drug-likeness (QED) is 0.343. The van der Waals surface area contributed by atoms with Gasteiger partial charge in [-0.2, -0.15) is 0 Å². The second kappa shape index (κ2) is 10.4. The maximum Gasteiger partial charge on any atom is 0.130 e. The maximum absolute atomic E-state index is 6.69. The summed E-state index contributed by atoms with van der Waals surface area (Å²) in [4.78, 5) is 4.32. The minimum Gasteiger partial charge on any atom is -0.492 e. The summed E-state index contributed by atoms with van der Waals surface area (Å²) in [6.45, 7) is 16.6. The highest BCUT2D eigenvalue weighted by Crippen LogP contribution is 2.37. The van der Waals surface area contributed by atoms with Gasteiger partial charge in [0, 0.05) is 35.6 Å². The smallest absolute Gasteiger partial charge is 0.130 e. The van der Waals surface area contributed by atoms with Crippen molar-refractivity contribution >= 4 is 25.4 Å². The largest absolute Gasteiger partial charge is 0.492 e. The van der Waals surface area contributed by atoms with Crippen molar-refractivity contribution < 1.29 is 4.74 Å². The van der Waals surface area contributed by atoms with Crippen LogP contribution in [0.5, 0.6) is 5.75 Å². The van der Waals surface area contributed by atoms with Gasteiger partial charge in [-0.15, -0.1) is 0 Å². The molecule has 0 aliphatic heterocycles. The summed E-state index contributed by atoms with van der Waals surface area (Å²) in [5.41, 5.74) is 5.16. The second-order valence-corrected chi connectivity index (χ2v) is 12.5. The van der Waals surface area contributed by atoms with Crippen molar-refractivity contribution in [1.82, 2.24) is 0 Å². The number of hydrogen-bond acceptors (Lipinski definition) is 2. The lowest BCUT2D eigenvalue weighted by Crippen LogP contribution is -2.24. The Kier molecular flexibility index (Phi) is 8.01. The molecule has 3 heteroatoms. The first-order valence-corrected chi connectivity index (χ1v) is 12.9. The van der Waals surface area contributed by atoms with Crippen LogP contribution in [-0.4, -0.2) is 19.9 Å². The minimum atomic E-state index is -0.0148. The van der Waals surface area contributed by atoms with Gasteiger partial charge in [0.2, 0.25) is 0 Å². The number of aryl methyl sites for hydroxylation is 1. The standard InChI is InChI=1S/C30H40NOP/c1-21-14-15-26(23(16-21)19-31-8)33-27-18-24(29(2,3)4)17-25(30(5,6)7)28(27)32-20-22-12-10-9-11-13-22/h9-12,14-19,22,33H,13,20H2,1-8H3/b31-19+. The number of benzene rings is 2. The Morgan fingerprint density at radius 2 is 1.76 bits per heavy atom. The van der Waals surface area contributed by atoms with Crippen LogP contribution < -0.4 is 15.3 Å². The normalized spacial score (nSPS) is 16.9. The molecule has 2 aromatic rings. The first-order valence-electron chi connectivity index (χ1n) is 11.9. The van der Waals surface area contributed by atoms with Gasteiger partial charge >= 0.3 is 0 Å². The predicted octanol–water partition coefficient (Wildman–Crippen LogP) is 6.78. The van der Waals surface area contributed by atoms with Crippen LogP contribution in [0.4, 0.5) is 0 Å². The summed E-state index contributed by atoms with van der Waals surface area (Å²) >= 11 is 0. The van der Waals surface area contributed by atoms with E-state index in [9.17, 15) is 0 Å². The molecule has 0 radical (unpaired) electrons. The second-order valence-electron chi connectivity index (χ2n) is 11.1. The van der Waals surface area contributed by atoms with E-state index in [0.29, 0.717) is 21.1 Å². The summed E-state index contributed by atoms with van der Waals surface area (Å²) in [5.74, 6) is 1.49. The van der Waals surface area contributed by atoms with Gasteiger partial charge in [0.1, 0.15) is 5.75 Å². The Balaban J connectivity index is 2.12. The van der Waals surface area contributed by atoms with Crippen molar-refractivity contribution in [3.8, 4) is 5.75 Å². The lowest BCUT2D eigenvalue weighted by molar-refractivity contribution is 0.271. The molecule has 3 rings (SSSR count). The van der Waals surface area contributed by atoms with Crippen LogP contribution in [0, 0.1) is 12.8 Å². The van der Waals surface area contributed by atoms with Gasteiger partial charge in [-0.05, 0) is 47.2 Å². The van der Waals surface area contributed by atoms with Crippen molar-refractivity contribution in [2.24, 2.45) is 10.9 Å². The van der Waals surface area contributed by atoms with E-state index >= 15 is 0 Å². The summed E-state index contributed by atoms with van der Waals surface area (Å²) in [7, 11) is 2.34. The molecule has 1 aliphatic carbocycles. The van der Waals surface area contributed by atoms with Gasteiger partial charge in [0.25, 0.3) is 0 Å². The van der Waals surface area contributed by atoms with E-state index in [1.54, 1.807) is 0 Å². The Hall–Kier alpha value is -2.18. The van der Waals surface area contributed by atoms with E-state index in [0.717, 1.165) is 12.2 Å². The van der Waals surface area contributed by atoms with Crippen molar-refractivity contribution in [1.29, 1.82) is 0 Å². The van der Waals surface area contributed by atoms with Crippen LogP contribution in [0.2, 0.25) is 0 Å². The maximum atomic E-state index is 6.69. The lowest BCUT2D eigenvalue weighted by atomic mass is 9.80. The topological polar surface area (TPSA) is 21.6 Å². The van der Waals surface area contributed by atoms with Gasteiger partial charge in [-0.1, -0.05) is 98.2 Å². The zero-order valence-corrected chi connectivity index (χ0v) is 22.6. The van der Waals surface area contributed by atoms with E-state index < -0.39 is 0 Å². The summed E-state index contributed by atoms with van der Waals surface area (Å²) in [6, 6.07) is 11.4. The fourth-order valence-electron chi connectivity index (χ4n) is 4.00. The molecular formula is C30H40NOP. The van der Waals surface area contributed by atoms with E-state index in [4.69, 9.17) is 4.74 Å². The highest BCUT2D eigenvalue weighted by atomic mass is 31.1. The molecule has 0 amide bonds. The van der Waals surface area contributed by atoms with Crippen LogP contribution >= 0.6 is 8.58 Å². The number of rotatable bonds is 6. The molecule has 0 heterocycles. The van der Waals surface area contributed by atoms with Crippen LogP contribution in [0.1, 0.15) is 70.2 Å². The van der Waals surface area contributed by atoms with Crippen molar-refractivity contribution in [2.75, 3.05) is 13.7 Å². The molecule has 2 atom stereocenters. The zero-order valence-electron chi connectivity index (χ0n) is 21.6. The van der Waals surface area contributed by atoms with E-state index in [1.165, 1.54) is 32.9 Å². The molecule has 33 heavy (non-hydrogen) atoms. The number of nitrogens with zero attached hydrogens (tertiary/aromatic N) is 1. The molecule has 1 aliphatic rings. The number of aliphatic imine (C=N–C) groups is 1. The third kappa shape index (κ3) is 6.67. The number of ether oxygens (including phenoxy) is 1. The zero-order chi connectivity index (χ0) is 24.2. The molecule has 0 fully saturated rings. The predicted molar refractivity (Wildman–Crippen MR) is 148 cm³/mol. The Morgan fingerprint density at radius 1 is 1.00 bits per heavy atom. The van der Waals surface area contributed by atoms with Crippen LogP contribution in [0.3, 0.4) is 0 Å². The Bertz CT molecular complexity index is 1060. The van der Waals surface area contributed by atoms with Crippen LogP contribution in [0.25, 0.3) is 0 Å². The first-order chi connectivity index (χ1) is 15.5. The van der Waals surface area contributed by atoms with E-state index in [1.807, 2.05) is 13.3 Å². The third-order valence-corrected chi connectivity index (χ3v) is 7.38. The molecule has 176 valence electrons. The fourth-order valence-corrected chi connectivity index (χ4v) is 5.29. The first kappa shape index (κ1) is 25.4. The molecule has 0 saturated heterocycles. The molecule has 0 N–H and O–H groups in total. The van der Waals surface area contributed by atoms with Gasteiger partial charge in [-0.25, -0.2) is 0 Å². The molecule has 2 unspecified atom stereocenters. The Morgan fingerprint density at radius 3 is 2.36 bits per heavy atom. The molecule has 2 nitrogen and oxygen atoms in total. The average molecular weight is 462 g/mol. The SMILES string of the molecule is C/N=C/c1cc(C)ccc1Pc1cc(C(C)(C)C)cc(C(C)(C)C)c1OCC1C=CC=CC1. The Labute approximate surface area is 203 Å². The third-order valence-electron chi connectivity index (χ3n) is 6.02. The van der Waals surface area contributed by atoms with Crippen LogP contribution in [-0.2, 0) is 10.8 Å². The highest BCUT2D eigenvalue weighted by molar-refractivity contribution is 7.56. The number of allylic oxidation sites excluding steroid dienone is 3. The summed E-state index contributed by atoms with van der Waals surface area (Å²) in [5, 5.41) is 2.60. The lowest BCUT2D eigenvalue weighted by Gasteiger charge is -2.30. The van der Waals surface area contributed by atoms with E-state index in [2.05, 4.69) is 108 Å². The minimum absolute atomic E-state index is 0.0148. The van der Waals surface area contributed by atoms with Crippen molar-refractivity contribution in [2.45, 2.75) is 65.7 Å². The highest BCUT2D eigenvalue weighted by Gasteiger charge is 2.27. The fraction of sp³-hybridized carbons (Fsp3) is 0.433. The van der Waals surface area contributed by atoms with Crippen molar-refractivity contribution in [3.05, 3.63) is 76.9 Å².